The molecule has 2 radical (unpaired) electrons. The standard InChI is InChI=1S/C28H25BCl2N2O3/c1-14(2)26(35)32-23-20-13-19(15-6-9-17(30)10-7-15)22(18-11-8-16(29)12-21(18)31)33-27(20)36-24(23)25(34)28(3,4)5/h6-14H,1-5H3,(H,32,35). The van der Waals surface area contributed by atoms with Crippen LogP contribution >= 0.6 is 23.2 Å². The molecule has 0 saturated heterocycles. The number of rotatable bonds is 5. The van der Waals surface area contributed by atoms with Crippen LogP contribution in [0.4, 0.5) is 5.69 Å². The number of hydrogen-bond donors (Lipinski definition) is 1. The molecule has 0 aliphatic carbocycles. The van der Waals surface area contributed by atoms with Gasteiger partial charge in [0.25, 0.3) is 0 Å². The van der Waals surface area contributed by atoms with Crippen molar-refractivity contribution in [3.05, 3.63) is 64.3 Å². The lowest BCUT2D eigenvalue weighted by molar-refractivity contribution is -0.118. The fraction of sp³-hybridized carbons (Fsp3) is 0.250. The van der Waals surface area contributed by atoms with Crippen molar-refractivity contribution < 1.29 is 14.0 Å². The van der Waals surface area contributed by atoms with Gasteiger partial charge >= 0.3 is 0 Å². The Bertz CT molecular complexity index is 1490. The van der Waals surface area contributed by atoms with E-state index >= 15 is 0 Å². The Morgan fingerprint density at radius 2 is 1.67 bits per heavy atom. The van der Waals surface area contributed by atoms with Crippen LogP contribution in [-0.2, 0) is 4.79 Å². The Kier molecular flexibility index (Phi) is 7.04. The number of halogens is 2. The normalized spacial score (nSPS) is 11.8. The minimum absolute atomic E-state index is 0.0570. The Balaban J connectivity index is 2.07. The second kappa shape index (κ2) is 9.76. The highest BCUT2D eigenvalue weighted by molar-refractivity contribution is 6.38. The molecular formula is C28H25BCl2N2O3. The van der Waals surface area contributed by atoms with Crippen LogP contribution in [0.3, 0.4) is 0 Å². The summed E-state index contributed by atoms with van der Waals surface area (Å²) in [4.78, 5) is 30.8. The minimum atomic E-state index is -0.743. The van der Waals surface area contributed by atoms with Gasteiger partial charge in [-0.25, -0.2) is 4.98 Å². The Morgan fingerprint density at radius 1 is 1.00 bits per heavy atom. The molecule has 4 rings (SSSR count). The van der Waals surface area contributed by atoms with Gasteiger partial charge < -0.3 is 9.73 Å². The van der Waals surface area contributed by atoms with Gasteiger partial charge in [0, 0.05) is 32.5 Å². The molecule has 2 aromatic heterocycles. The van der Waals surface area contributed by atoms with Crippen molar-refractivity contribution in [3.63, 3.8) is 0 Å². The number of carbonyl (C=O) groups excluding carboxylic acids is 2. The number of fused-ring (bicyclic) bond motifs is 1. The van der Waals surface area contributed by atoms with Gasteiger partial charge in [0.2, 0.25) is 17.4 Å². The maximum Gasteiger partial charge on any atom is 0.229 e. The van der Waals surface area contributed by atoms with Gasteiger partial charge in [-0.2, -0.15) is 0 Å². The molecule has 5 nitrogen and oxygen atoms in total. The molecule has 0 fully saturated rings. The number of carbonyl (C=O) groups is 2. The number of amides is 1. The highest BCUT2D eigenvalue weighted by Crippen LogP contribution is 2.41. The number of nitrogens with one attached hydrogen (secondary N) is 1. The molecular weight excluding hydrogens is 494 g/mol. The summed E-state index contributed by atoms with van der Waals surface area (Å²) in [7, 11) is 5.91. The second-order valence-corrected chi connectivity index (χ2v) is 10.9. The minimum Gasteiger partial charge on any atom is -0.432 e. The number of ketones is 1. The third kappa shape index (κ3) is 5.06. The summed E-state index contributed by atoms with van der Waals surface area (Å²) in [5.74, 6) is -0.732. The number of hydrogen-bond acceptors (Lipinski definition) is 4. The smallest absolute Gasteiger partial charge is 0.229 e. The van der Waals surface area contributed by atoms with Gasteiger partial charge in [-0.05, 0) is 29.8 Å². The maximum atomic E-state index is 13.3. The Morgan fingerprint density at radius 3 is 2.25 bits per heavy atom. The van der Waals surface area contributed by atoms with Crippen molar-refractivity contribution >= 4 is 65.0 Å². The molecule has 4 aromatic rings. The first kappa shape index (κ1) is 26.0. The molecule has 0 aliphatic heterocycles. The Hall–Kier alpha value is -3.09. The molecule has 1 amide bonds. The molecule has 36 heavy (non-hydrogen) atoms. The third-order valence-corrected chi connectivity index (χ3v) is 6.31. The molecule has 0 aliphatic rings. The van der Waals surface area contributed by atoms with Crippen molar-refractivity contribution in [3.8, 4) is 22.4 Å². The fourth-order valence-electron chi connectivity index (χ4n) is 3.69. The van der Waals surface area contributed by atoms with E-state index < -0.39 is 5.41 Å². The van der Waals surface area contributed by atoms with E-state index in [9.17, 15) is 9.59 Å². The molecule has 2 heterocycles. The number of nitrogens with zero attached hydrogens (tertiary/aromatic N) is 1. The summed E-state index contributed by atoms with van der Waals surface area (Å²) in [6.07, 6.45) is 0. The van der Waals surface area contributed by atoms with Crippen LogP contribution in [0.2, 0.25) is 10.0 Å². The van der Waals surface area contributed by atoms with E-state index in [1.807, 2.05) is 18.2 Å². The van der Waals surface area contributed by atoms with E-state index in [2.05, 4.69) is 5.32 Å². The lowest BCUT2D eigenvalue weighted by Gasteiger charge is -2.16. The number of pyridine rings is 1. The van der Waals surface area contributed by atoms with Gasteiger partial charge in [-0.3, -0.25) is 9.59 Å². The molecule has 182 valence electrons. The van der Waals surface area contributed by atoms with Gasteiger partial charge in [0.15, 0.2) is 5.76 Å². The van der Waals surface area contributed by atoms with Crippen LogP contribution in [0.5, 0.6) is 0 Å². The number of anilines is 1. The monoisotopic (exact) mass is 518 g/mol. The maximum absolute atomic E-state index is 13.3. The van der Waals surface area contributed by atoms with Crippen LogP contribution in [0.25, 0.3) is 33.5 Å². The lowest BCUT2D eigenvalue weighted by atomic mass is 9.88. The molecule has 0 unspecified atom stereocenters. The van der Waals surface area contributed by atoms with Gasteiger partial charge in [0.05, 0.1) is 11.1 Å². The number of aromatic nitrogens is 1. The van der Waals surface area contributed by atoms with Crippen LogP contribution in [-0.4, -0.2) is 24.5 Å². The fourth-order valence-corrected chi connectivity index (χ4v) is 4.10. The van der Waals surface area contributed by atoms with E-state index in [1.54, 1.807) is 65.0 Å². The van der Waals surface area contributed by atoms with E-state index in [1.165, 1.54) is 0 Å². The highest BCUT2D eigenvalue weighted by Gasteiger charge is 2.32. The zero-order valence-corrected chi connectivity index (χ0v) is 22.2. The molecule has 0 saturated carbocycles. The average molecular weight is 519 g/mol. The van der Waals surface area contributed by atoms with Gasteiger partial charge in [-0.1, -0.05) is 87.5 Å². The first-order valence-electron chi connectivity index (χ1n) is 11.5. The first-order chi connectivity index (χ1) is 16.9. The molecule has 2 aromatic carbocycles. The van der Waals surface area contributed by atoms with E-state index in [4.69, 9.17) is 40.4 Å². The summed E-state index contributed by atoms with van der Waals surface area (Å²) in [5.41, 5.74) is 3.03. The number of Topliss-reactive ketones (excluding diaryl/α,β-unsaturated/α-hetero) is 1. The molecule has 0 bridgehead atoms. The molecule has 8 heteroatoms. The van der Waals surface area contributed by atoms with E-state index in [0.717, 1.165) is 11.1 Å². The van der Waals surface area contributed by atoms with E-state index in [0.29, 0.717) is 37.8 Å². The van der Waals surface area contributed by atoms with E-state index in [-0.39, 0.29) is 29.1 Å². The molecule has 0 atom stereocenters. The quantitative estimate of drug-likeness (QED) is 0.226. The topological polar surface area (TPSA) is 72.2 Å². The summed E-state index contributed by atoms with van der Waals surface area (Å²) in [6, 6.07) is 14.3. The SMILES string of the molecule is [B]c1ccc(-c2nc3oc(C(=O)C(C)(C)C)c(NC(=O)C(C)C)c3cc2-c2ccc(Cl)cc2)c(Cl)c1. The number of furan rings is 1. The largest absolute Gasteiger partial charge is 0.432 e. The van der Waals surface area contributed by atoms with Crippen LogP contribution < -0.4 is 10.8 Å². The first-order valence-corrected chi connectivity index (χ1v) is 12.3. The molecule has 1 N–H and O–H groups in total. The predicted octanol–water partition coefficient (Wildman–Crippen LogP) is 7.09. The van der Waals surface area contributed by atoms with Gasteiger partial charge in [0.1, 0.15) is 13.5 Å². The van der Waals surface area contributed by atoms with Crippen molar-refractivity contribution in [2.24, 2.45) is 11.3 Å². The van der Waals surface area contributed by atoms with Crippen molar-refractivity contribution in [2.75, 3.05) is 5.32 Å². The van der Waals surface area contributed by atoms with Crippen molar-refractivity contribution in [2.45, 2.75) is 34.6 Å². The lowest BCUT2D eigenvalue weighted by Crippen LogP contribution is -2.23. The van der Waals surface area contributed by atoms with Crippen molar-refractivity contribution in [1.29, 1.82) is 0 Å². The molecule has 0 spiro atoms. The van der Waals surface area contributed by atoms with Crippen LogP contribution in [0.1, 0.15) is 45.2 Å². The Labute approximate surface area is 221 Å². The average Bonchev–Trinajstić information content (AvgIpc) is 3.14. The second-order valence-electron chi connectivity index (χ2n) is 10.0. The number of benzene rings is 2. The summed E-state index contributed by atoms with van der Waals surface area (Å²) >= 11 is 12.7. The summed E-state index contributed by atoms with van der Waals surface area (Å²) in [6.45, 7) is 8.94. The van der Waals surface area contributed by atoms with Crippen molar-refractivity contribution in [1.82, 2.24) is 4.98 Å². The van der Waals surface area contributed by atoms with Crippen LogP contribution in [0.15, 0.2) is 52.9 Å². The van der Waals surface area contributed by atoms with Gasteiger partial charge in [-0.15, -0.1) is 0 Å². The predicted molar refractivity (Wildman–Crippen MR) is 148 cm³/mol. The third-order valence-electron chi connectivity index (χ3n) is 5.75. The summed E-state index contributed by atoms with van der Waals surface area (Å²) in [5, 5.41) is 4.41. The van der Waals surface area contributed by atoms with Crippen LogP contribution in [0, 0.1) is 11.3 Å². The highest BCUT2D eigenvalue weighted by atomic mass is 35.5. The zero-order chi connectivity index (χ0) is 26.4. The summed E-state index contributed by atoms with van der Waals surface area (Å²) < 4.78 is 6.04. The zero-order valence-electron chi connectivity index (χ0n) is 20.7.